The number of hydrogen-bond donors (Lipinski definition) is 2. The highest BCUT2D eigenvalue weighted by Crippen LogP contribution is 2.30. The zero-order chi connectivity index (χ0) is 14.8. The number of ether oxygens (including phenoxy) is 1. The van der Waals surface area contributed by atoms with Crippen LogP contribution in [-0.2, 0) is 9.53 Å². The molecule has 6 heteroatoms. The van der Waals surface area contributed by atoms with Crippen LogP contribution in [-0.4, -0.2) is 22.6 Å². The van der Waals surface area contributed by atoms with Crippen molar-refractivity contribution in [1.29, 1.82) is 0 Å². The lowest BCUT2D eigenvalue weighted by Crippen LogP contribution is -2.27. The third kappa shape index (κ3) is 4.53. The van der Waals surface area contributed by atoms with Crippen molar-refractivity contribution in [2.45, 2.75) is 39.2 Å². The lowest BCUT2D eigenvalue weighted by molar-refractivity contribution is -0.117. The largest absolute Gasteiger partial charge is 0.444 e. The summed E-state index contributed by atoms with van der Waals surface area (Å²) in [5.41, 5.74) is -0.0273. The maximum atomic E-state index is 11.6. The molecule has 0 saturated heterocycles. The minimum absolute atomic E-state index is 0.0214. The molecule has 2 rings (SSSR count). The first-order valence-corrected chi connectivity index (χ1v) is 6.60. The zero-order valence-corrected chi connectivity index (χ0v) is 11.9. The molecule has 0 aromatic carbocycles. The second-order valence-electron chi connectivity index (χ2n) is 5.82. The first-order chi connectivity index (χ1) is 9.33. The van der Waals surface area contributed by atoms with Crippen molar-refractivity contribution in [1.82, 2.24) is 4.98 Å². The molecule has 108 valence electrons. The highest BCUT2D eigenvalue weighted by Gasteiger charge is 2.29. The summed E-state index contributed by atoms with van der Waals surface area (Å²) in [5, 5.41) is 5.33. The lowest BCUT2D eigenvalue weighted by Gasteiger charge is -2.19. The SMILES string of the molecule is CC(C)(C)OC(=O)Nc1ccnc(NC(=O)C2CC2)c1. The number of nitrogens with one attached hydrogen (secondary N) is 2. The van der Waals surface area contributed by atoms with Crippen LogP contribution < -0.4 is 10.6 Å². The first kappa shape index (κ1) is 14.3. The maximum absolute atomic E-state index is 11.6. The van der Waals surface area contributed by atoms with Crippen molar-refractivity contribution in [3.63, 3.8) is 0 Å². The quantitative estimate of drug-likeness (QED) is 0.890. The van der Waals surface area contributed by atoms with E-state index in [4.69, 9.17) is 4.74 Å². The van der Waals surface area contributed by atoms with Crippen molar-refractivity contribution in [3.05, 3.63) is 18.3 Å². The fourth-order valence-corrected chi connectivity index (χ4v) is 1.57. The molecule has 0 radical (unpaired) electrons. The Balaban J connectivity index is 1.95. The van der Waals surface area contributed by atoms with Gasteiger partial charge in [0, 0.05) is 23.9 Å². The second-order valence-corrected chi connectivity index (χ2v) is 5.82. The Hall–Kier alpha value is -2.11. The van der Waals surface area contributed by atoms with E-state index >= 15 is 0 Å². The van der Waals surface area contributed by atoms with Crippen LogP contribution in [0.4, 0.5) is 16.3 Å². The summed E-state index contributed by atoms with van der Waals surface area (Å²) in [6.45, 7) is 5.38. The van der Waals surface area contributed by atoms with Gasteiger partial charge in [0.25, 0.3) is 0 Å². The van der Waals surface area contributed by atoms with Crippen LogP contribution in [0.1, 0.15) is 33.6 Å². The van der Waals surface area contributed by atoms with Gasteiger partial charge in [0.15, 0.2) is 0 Å². The van der Waals surface area contributed by atoms with Gasteiger partial charge >= 0.3 is 6.09 Å². The Morgan fingerprint density at radius 1 is 1.30 bits per heavy atom. The van der Waals surface area contributed by atoms with Crippen molar-refractivity contribution in [2.24, 2.45) is 5.92 Å². The number of anilines is 2. The van der Waals surface area contributed by atoms with E-state index in [-0.39, 0.29) is 11.8 Å². The summed E-state index contributed by atoms with van der Waals surface area (Å²) in [4.78, 5) is 27.3. The van der Waals surface area contributed by atoms with E-state index in [1.165, 1.54) is 6.20 Å². The molecule has 0 aliphatic heterocycles. The number of pyridine rings is 1. The molecule has 2 amide bonds. The van der Waals surface area contributed by atoms with Crippen LogP contribution in [0.2, 0.25) is 0 Å². The maximum Gasteiger partial charge on any atom is 0.412 e. The summed E-state index contributed by atoms with van der Waals surface area (Å²) in [6.07, 6.45) is 2.85. The number of carbonyl (C=O) groups excluding carboxylic acids is 2. The molecule has 1 aromatic heterocycles. The molecule has 1 aromatic rings. The molecule has 6 nitrogen and oxygen atoms in total. The van der Waals surface area contributed by atoms with Gasteiger partial charge < -0.3 is 10.1 Å². The van der Waals surface area contributed by atoms with Crippen molar-refractivity contribution >= 4 is 23.5 Å². The third-order valence-corrected chi connectivity index (χ3v) is 2.60. The average molecular weight is 277 g/mol. The topological polar surface area (TPSA) is 80.3 Å². The number of nitrogens with zero attached hydrogens (tertiary/aromatic N) is 1. The van der Waals surface area contributed by atoms with E-state index in [1.807, 2.05) is 0 Å². The van der Waals surface area contributed by atoms with E-state index < -0.39 is 11.7 Å². The highest BCUT2D eigenvalue weighted by atomic mass is 16.6. The fraction of sp³-hybridized carbons (Fsp3) is 0.500. The van der Waals surface area contributed by atoms with Gasteiger partial charge in [-0.25, -0.2) is 9.78 Å². The van der Waals surface area contributed by atoms with E-state index in [0.717, 1.165) is 12.8 Å². The Morgan fingerprint density at radius 2 is 2.00 bits per heavy atom. The lowest BCUT2D eigenvalue weighted by atomic mass is 10.2. The Kier molecular flexibility index (Phi) is 3.92. The molecule has 20 heavy (non-hydrogen) atoms. The summed E-state index contributed by atoms with van der Waals surface area (Å²) < 4.78 is 5.15. The number of hydrogen-bond acceptors (Lipinski definition) is 4. The summed E-state index contributed by atoms with van der Waals surface area (Å²) >= 11 is 0. The monoisotopic (exact) mass is 277 g/mol. The Labute approximate surface area is 117 Å². The van der Waals surface area contributed by atoms with Gasteiger partial charge in [-0.05, 0) is 39.7 Å². The summed E-state index contributed by atoms with van der Waals surface area (Å²) in [7, 11) is 0. The zero-order valence-electron chi connectivity index (χ0n) is 11.9. The first-order valence-electron chi connectivity index (χ1n) is 6.60. The van der Waals surface area contributed by atoms with Crippen LogP contribution in [0.25, 0.3) is 0 Å². The van der Waals surface area contributed by atoms with Gasteiger partial charge in [-0.2, -0.15) is 0 Å². The van der Waals surface area contributed by atoms with Gasteiger partial charge in [0.1, 0.15) is 11.4 Å². The van der Waals surface area contributed by atoms with Gasteiger partial charge in [-0.15, -0.1) is 0 Å². The smallest absolute Gasteiger partial charge is 0.412 e. The number of rotatable bonds is 3. The molecule has 1 heterocycles. The third-order valence-electron chi connectivity index (χ3n) is 2.60. The van der Waals surface area contributed by atoms with E-state index in [1.54, 1.807) is 32.9 Å². The van der Waals surface area contributed by atoms with Gasteiger partial charge in [0.2, 0.25) is 5.91 Å². The van der Waals surface area contributed by atoms with Crippen LogP contribution in [0.3, 0.4) is 0 Å². The molecule has 0 spiro atoms. The molecule has 1 saturated carbocycles. The van der Waals surface area contributed by atoms with Crippen LogP contribution in [0, 0.1) is 5.92 Å². The molecular weight excluding hydrogens is 258 g/mol. The van der Waals surface area contributed by atoms with Crippen LogP contribution in [0.15, 0.2) is 18.3 Å². The Bertz CT molecular complexity index is 519. The number of carbonyl (C=O) groups is 2. The molecule has 2 N–H and O–H groups in total. The molecule has 1 aliphatic rings. The molecule has 0 bridgehead atoms. The van der Waals surface area contributed by atoms with Gasteiger partial charge in [-0.1, -0.05) is 0 Å². The van der Waals surface area contributed by atoms with Crippen molar-refractivity contribution in [3.8, 4) is 0 Å². The minimum atomic E-state index is -0.555. The van der Waals surface area contributed by atoms with Crippen molar-refractivity contribution < 1.29 is 14.3 Å². The molecule has 0 atom stereocenters. The minimum Gasteiger partial charge on any atom is -0.444 e. The van der Waals surface area contributed by atoms with Crippen LogP contribution in [0.5, 0.6) is 0 Å². The number of amides is 2. The molecule has 0 unspecified atom stereocenters. The Morgan fingerprint density at radius 3 is 2.60 bits per heavy atom. The van der Waals surface area contributed by atoms with E-state index in [2.05, 4.69) is 15.6 Å². The highest BCUT2D eigenvalue weighted by molar-refractivity contribution is 5.94. The normalized spacial score (nSPS) is 14.6. The molecule has 1 aliphatic carbocycles. The van der Waals surface area contributed by atoms with E-state index in [9.17, 15) is 9.59 Å². The summed E-state index contributed by atoms with van der Waals surface area (Å²) in [6, 6.07) is 3.24. The van der Waals surface area contributed by atoms with Crippen molar-refractivity contribution in [2.75, 3.05) is 10.6 Å². The predicted molar refractivity (Wildman–Crippen MR) is 75.4 cm³/mol. The fourth-order valence-electron chi connectivity index (χ4n) is 1.57. The summed E-state index contributed by atoms with van der Waals surface area (Å²) in [5.74, 6) is 0.515. The number of aromatic nitrogens is 1. The second kappa shape index (κ2) is 5.48. The molecular formula is C14H19N3O3. The standard InChI is InChI=1S/C14H19N3O3/c1-14(2,3)20-13(19)16-10-6-7-15-11(8-10)17-12(18)9-4-5-9/h6-9H,4-5H2,1-3H3,(H2,15,16,17,18,19). The van der Waals surface area contributed by atoms with Crippen LogP contribution >= 0.6 is 0 Å². The molecule has 1 fully saturated rings. The van der Waals surface area contributed by atoms with Gasteiger partial charge in [0.05, 0.1) is 0 Å². The predicted octanol–water partition coefficient (Wildman–Crippen LogP) is 2.78. The van der Waals surface area contributed by atoms with Gasteiger partial charge in [-0.3, -0.25) is 10.1 Å². The van der Waals surface area contributed by atoms with E-state index in [0.29, 0.717) is 11.5 Å². The average Bonchev–Trinajstić information content (AvgIpc) is 3.09.